The van der Waals surface area contributed by atoms with Crippen LogP contribution in [0.5, 0.6) is 0 Å². The lowest BCUT2D eigenvalue weighted by Gasteiger charge is -2.35. The number of hydrogen-bond acceptors (Lipinski definition) is 3. The molecule has 100 valence electrons. The average Bonchev–Trinajstić information content (AvgIpc) is 2.23. The summed E-state index contributed by atoms with van der Waals surface area (Å²) in [5, 5.41) is 13.2. The van der Waals surface area contributed by atoms with Crippen LogP contribution >= 0.6 is 0 Å². The molecule has 1 rings (SSSR count). The first-order valence-corrected chi connectivity index (χ1v) is 6.66. The fourth-order valence-corrected chi connectivity index (χ4v) is 2.50. The molecule has 4 N–H and O–H groups in total. The number of carbonyl (C=O) groups is 1. The smallest absolute Gasteiger partial charge is 0.220 e. The van der Waals surface area contributed by atoms with E-state index in [-0.39, 0.29) is 11.9 Å². The van der Waals surface area contributed by atoms with Crippen LogP contribution in [0.25, 0.3) is 0 Å². The lowest BCUT2D eigenvalue weighted by Crippen LogP contribution is -2.45. The molecule has 1 amide bonds. The molecule has 0 aromatic rings. The third-order valence-electron chi connectivity index (χ3n) is 3.51. The fraction of sp³-hybridized carbons (Fsp3) is 0.923. The highest BCUT2D eigenvalue weighted by atomic mass is 16.3. The fourth-order valence-electron chi connectivity index (χ4n) is 2.50. The van der Waals surface area contributed by atoms with Crippen LogP contribution < -0.4 is 11.1 Å². The molecule has 0 saturated heterocycles. The molecule has 17 heavy (non-hydrogen) atoms. The zero-order chi connectivity index (χ0) is 12.9. The van der Waals surface area contributed by atoms with E-state index in [1.807, 2.05) is 6.92 Å². The number of nitrogens with one attached hydrogen (secondary N) is 1. The van der Waals surface area contributed by atoms with Crippen molar-refractivity contribution in [1.29, 1.82) is 0 Å². The monoisotopic (exact) mass is 242 g/mol. The van der Waals surface area contributed by atoms with Crippen molar-refractivity contribution in [1.82, 2.24) is 5.32 Å². The van der Waals surface area contributed by atoms with Gasteiger partial charge >= 0.3 is 0 Å². The Balaban J connectivity index is 2.26. The Morgan fingerprint density at radius 1 is 1.65 bits per heavy atom. The molecular formula is C13H26N2O2. The normalized spacial score (nSPS) is 30.9. The number of hydrogen-bond donors (Lipinski definition) is 3. The van der Waals surface area contributed by atoms with Gasteiger partial charge in [-0.15, -0.1) is 0 Å². The van der Waals surface area contributed by atoms with Crippen LogP contribution in [0.15, 0.2) is 0 Å². The zero-order valence-corrected chi connectivity index (χ0v) is 11.0. The molecule has 0 aliphatic heterocycles. The summed E-state index contributed by atoms with van der Waals surface area (Å²) < 4.78 is 0. The van der Waals surface area contributed by atoms with E-state index in [1.54, 1.807) is 0 Å². The first-order chi connectivity index (χ1) is 7.91. The van der Waals surface area contributed by atoms with Crippen LogP contribution in [0.4, 0.5) is 0 Å². The maximum Gasteiger partial charge on any atom is 0.220 e. The number of rotatable bonds is 5. The van der Waals surface area contributed by atoms with Gasteiger partial charge in [-0.1, -0.05) is 19.8 Å². The molecule has 0 radical (unpaired) electrons. The van der Waals surface area contributed by atoms with Crippen molar-refractivity contribution in [2.24, 2.45) is 11.7 Å². The highest BCUT2D eigenvalue weighted by Gasteiger charge is 2.32. The Bertz CT molecular complexity index is 256. The second-order valence-electron chi connectivity index (χ2n) is 5.72. The number of aliphatic hydroxyl groups is 1. The minimum absolute atomic E-state index is 0.00560. The molecule has 0 bridgehead atoms. The van der Waals surface area contributed by atoms with Crippen LogP contribution in [0.2, 0.25) is 0 Å². The largest absolute Gasteiger partial charge is 0.388 e. The molecule has 4 heteroatoms. The molecule has 1 aliphatic carbocycles. The Morgan fingerprint density at radius 2 is 2.35 bits per heavy atom. The van der Waals surface area contributed by atoms with Crippen LogP contribution in [0, 0.1) is 5.92 Å². The maximum atomic E-state index is 11.5. The van der Waals surface area contributed by atoms with E-state index in [2.05, 4.69) is 12.2 Å². The van der Waals surface area contributed by atoms with Gasteiger partial charge in [0.05, 0.1) is 5.60 Å². The van der Waals surface area contributed by atoms with Gasteiger partial charge < -0.3 is 16.2 Å². The van der Waals surface area contributed by atoms with E-state index in [4.69, 9.17) is 5.73 Å². The summed E-state index contributed by atoms with van der Waals surface area (Å²) >= 11 is 0. The molecule has 1 aliphatic rings. The van der Waals surface area contributed by atoms with E-state index in [0.717, 1.165) is 19.3 Å². The summed E-state index contributed by atoms with van der Waals surface area (Å²) in [4.78, 5) is 11.5. The highest BCUT2D eigenvalue weighted by molar-refractivity contribution is 5.75. The topological polar surface area (TPSA) is 75.4 Å². The summed E-state index contributed by atoms with van der Waals surface area (Å²) in [6.07, 6.45) is 4.96. The van der Waals surface area contributed by atoms with Crippen molar-refractivity contribution in [3.8, 4) is 0 Å². The molecular weight excluding hydrogens is 216 g/mol. The molecule has 4 nitrogen and oxygen atoms in total. The van der Waals surface area contributed by atoms with Crippen molar-refractivity contribution in [2.45, 2.75) is 64.0 Å². The van der Waals surface area contributed by atoms with Crippen LogP contribution in [0.1, 0.15) is 52.4 Å². The summed E-state index contributed by atoms with van der Waals surface area (Å²) in [6, 6.07) is 0.0542. The number of nitrogens with two attached hydrogens (primary N) is 1. The van der Waals surface area contributed by atoms with Crippen LogP contribution in [-0.4, -0.2) is 29.2 Å². The van der Waals surface area contributed by atoms with Gasteiger partial charge in [0.1, 0.15) is 0 Å². The average molecular weight is 242 g/mol. The predicted octanol–water partition coefficient (Wildman–Crippen LogP) is 1.17. The molecule has 3 unspecified atom stereocenters. The van der Waals surface area contributed by atoms with E-state index >= 15 is 0 Å². The molecule has 0 spiro atoms. The van der Waals surface area contributed by atoms with Gasteiger partial charge in [0.25, 0.3) is 0 Å². The van der Waals surface area contributed by atoms with Crippen molar-refractivity contribution in [3.63, 3.8) is 0 Å². The van der Waals surface area contributed by atoms with Crippen molar-refractivity contribution in [3.05, 3.63) is 0 Å². The van der Waals surface area contributed by atoms with E-state index < -0.39 is 5.60 Å². The maximum absolute atomic E-state index is 11.5. The third-order valence-corrected chi connectivity index (χ3v) is 3.51. The van der Waals surface area contributed by atoms with Gasteiger partial charge in [0.15, 0.2) is 0 Å². The van der Waals surface area contributed by atoms with Gasteiger partial charge in [0, 0.05) is 19.0 Å². The highest BCUT2D eigenvalue weighted by Crippen LogP contribution is 2.31. The van der Waals surface area contributed by atoms with Crippen molar-refractivity contribution < 1.29 is 9.90 Å². The second-order valence-corrected chi connectivity index (χ2v) is 5.72. The molecule has 1 saturated carbocycles. The van der Waals surface area contributed by atoms with Crippen LogP contribution in [-0.2, 0) is 4.79 Å². The van der Waals surface area contributed by atoms with E-state index in [9.17, 15) is 9.90 Å². The predicted molar refractivity (Wildman–Crippen MR) is 68.5 cm³/mol. The molecule has 0 aromatic heterocycles. The minimum Gasteiger partial charge on any atom is -0.388 e. The summed E-state index contributed by atoms with van der Waals surface area (Å²) in [7, 11) is 0. The van der Waals surface area contributed by atoms with Gasteiger partial charge in [-0.3, -0.25) is 4.79 Å². The van der Waals surface area contributed by atoms with Gasteiger partial charge in [-0.25, -0.2) is 0 Å². The number of carbonyl (C=O) groups excluding carboxylic acids is 1. The quantitative estimate of drug-likeness (QED) is 0.677. The first-order valence-electron chi connectivity index (χ1n) is 6.66. The zero-order valence-electron chi connectivity index (χ0n) is 11.0. The summed E-state index contributed by atoms with van der Waals surface area (Å²) in [5.41, 5.74) is 4.90. The third kappa shape index (κ3) is 5.50. The Hall–Kier alpha value is -0.610. The summed E-state index contributed by atoms with van der Waals surface area (Å²) in [5.74, 6) is 0.545. The molecule has 1 fully saturated rings. The molecule has 3 atom stereocenters. The first kappa shape index (κ1) is 14.5. The van der Waals surface area contributed by atoms with Gasteiger partial charge in [-0.05, 0) is 32.1 Å². The standard InChI is InChI=1S/C13H26N2O2/c1-10-4-3-7-13(17,8-10)9-15-12(16)6-5-11(2)14/h10-11,17H,3-9,14H2,1-2H3,(H,15,16). The molecule has 0 heterocycles. The lowest BCUT2D eigenvalue weighted by atomic mass is 9.79. The van der Waals surface area contributed by atoms with Crippen LogP contribution in [0.3, 0.4) is 0 Å². The second kappa shape index (κ2) is 6.36. The lowest BCUT2D eigenvalue weighted by molar-refractivity contribution is -0.123. The number of amides is 1. The van der Waals surface area contributed by atoms with Crippen molar-refractivity contribution in [2.75, 3.05) is 6.54 Å². The Labute approximate surface area is 104 Å². The Morgan fingerprint density at radius 3 is 2.94 bits per heavy atom. The van der Waals surface area contributed by atoms with E-state index in [1.165, 1.54) is 6.42 Å². The molecule has 0 aromatic carbocycles. The minimum atomic E-state index is -0.693. The van der Waals surface area contributed by atoms with Crippen molar-refractivity contribution >= 4 is 5.91 Å². The van der Waals surface area contributed by atoms with Gasteiger partial charge in [-0.2, -0.15) is 0 Å². The van der Waals surface area contributed by atoms with E-state index in [0.29, 0.717) is 25.3 Å². The van der Waals surface area contributed by atoms with Gasteiger partial charge in [0.2, 0.25) is 5.91 Å². The summed E-state index contributed by atoms with van der Waals surface area (Å²) in [6.45, 7) is 4.43. The SMILES string of the molecule is CC(N)CCC(=O)NCC1(O)CCCC(C)C1. The Kier molecular flexibility index (Phi) is 5.40.